The Labute approximate surface area is 104 Å². The summed E-state index contributed by atoms with van der Waals surface area (Å²) in [5.41, 5.74) is 0.976. The summed E-state index contributed by atoms with van der Waals surface area (Å²) in [4.78, 5) is 24.1. The molecule has 0 radical (unpaired) electrons. The zero-order chi connectivity index (χ0) is 13.1. The normalized spacial score (nSPS) is 14.9. The van der Waals surface area contributed by atoms with Crippen molar-refractivity contribution >= 4 is 17.6 Å². The molecule has 1 aliphatic rings. The van der Waals surface area contributed by atoms with Gasteiger partial charge < -0.3 is 15.2 Å². The molecule has 6 nitrogen and oxygen atoms in total. The molecular formula is C12H14N2O4. The lowest BCUT2D eigenvalue weighted by atomic mass is 10.1. The fourth-order valence-corrected chi connectivity index (χ4v) is 1.81. The van der Waals surface area contributed by atoms with E-state index in [0.717, 1.165) is 4.90 Å². The van der Waals surface area contributed by atoms with Crippen LogP contribution in [0.1, 0.15) is 12.5 Å². The lowest BCUT2D eigenvalue weighted by molar-refractivity contribution is -0.115. The van der Waals surface area contributed by atoms with Gasteiger partial charge in [0, 0.05) is 5.56 Å². The van der Waals surface area contributed by atoms with E-state index in [1.807, 2.05) is 6.92 Å². The third kappa shape index (κ3) is 2.14. The zero-order valence-electron chi connectivity index (χ0n) is 9.97. The number of nitrogens with one attached hydrogen (secondary N) is 1. The van der Waals surface area contributed by atoms with Crippen LogP contribution in [0.5, 0.6) is 5.75 Å². The van der Waals surface area contributed by atoms with E-state index in [-0.39, 0.29) is 19.1 Å². The van der Waals surface area contributed by atoms with Crippen molar-refractivity contribution in [2.75, 3.05) is 18.1 Å². The number of anilines is 1. The molecule has 0 spiro atoms. The molecule has 0 unspecified atom stereocenters. The summed E-state index contributed by atoms with van der Waals surface area (Å²) in [5.74, 6) is 0.240. The number of benzene rings is 1. The summed E-state index contributed by atoms with van der Waals surface area (Å²) in [5, 5.41) is 11.7. The number of aliphatic hydroxyl groups excluding tert-OH is 1. The predicted octanol–water partition coefficient (Wildman–Crippen LogP) is 0.634. The molecule has 1 fully saturated rings. The highest BCUT2D eigenvalue weighted by Gasteiger charge is 2.30. The molecule has 1 aliphatic heterocycles. The molecule has 6 heteroatoms. The number of urea groups is 1. The molecule has 1 aromatic rings. The van der Waals surface area contributed by atoms with Gasteiger partial charge >= 0.3 is 6.03 Å². The second-order valence-electron chi connectivity index (χ2n) is 3.77. The quantitative estimate of drug-likeness (QED) is 0.768. The summed E-state index contributed by atoms with van der Waals surface area (Å²) in [7, 11) is 0. The molecule has 1 heterocycles. The van der Waals surface area contributed by atoms with Crippen LogP contribution in [0.4, 0.5) is 10.5 Å². The third-order valence-electron chi connectivity index (χ3n) is 2.62. The Morgan fingerprint density at radius 2 is 2.22 bits per heavy atom. The van der Waals surface area contributed by atoms with Crippen molar-refractivity contribution in [3.05, 3.63) is 23.8 Å². The first-order valence-corrected chi connectivity index (χ1v) is 5.64. The standard InChI is InChI=1S/C12H14N2O4/c1-2-18-10-4-3-9(5-8(10)7-15)14-11(16)6-13-12(14)17/h3-5,15H,2,6-7H2,1H3,(H,13,17). The molecule has 2 N–H and O–H groups in total. The molecule has 1 aromatic carbocycles. The van der Waals surface area contributed by atoms with Crippen molar-refractivity contribution in [1.29, 1.82) is 0 Å². The van der Waals surface area contributed by atoms with Crippen LogP contribution in [0, 0.1) is 0 Å². The highest BCUT2D eigenvalue weighted by molar-refractivity contribution is 6.19. The zero-order valence-corrected chi connectivity index (χ0v) is 9.97. The summed E-state index contributed by atoms with van der Waals surface area (Å²) >= 11 is 0. The first-order chi connectivity index (χ1) is 8.67. The minimum Gasteiger partial charge on any atom is -0.494 e. The fraction of sp³-hybridized carbons (Fsp3) is 0.333. The van der Waals surface area contributed by atoms with Crippen molar-refractivity contribution in [1.82, 2.24) is 5.32 Å². The van der Waals surface area contributed by atoms with E-state index in [2.05, 4.69) is 5.32 Å². The average molecular weight is 250 g/mol. The molecular weight excluding hydrogens is 236 g/mol. The Kier molecular flexibility index (Phi) is 3.47. The van der Waals surface area contributed by atoms with Crippen molar-refractivity contribution in [3.63, 3.8) is 0 Å². The lowest BCUT2D eigenvalue weighted by Crippen LogP contribution is -2.30. The van der Waals surface area contributed by atoms with Crippen LogP contribution in [0.15, 0.2) is 18.2 Å². The molecule has 1 saturated heterocycles. The fourth-order valence-electron chi connectivity index (χ4n) is 1.81. The van der Waals surface area contributed by atoms with Gasteiger partial charge in [-0.05, 0) is 25.1 Å². The van der Waals surface area contributed by atoms with E-state index in [9.17, 15) is 14.7 Å². The van der Waals surface area contributed by atoms with Gasteiger partial charge in [-0.2, -0.15) is 0 Å². The largest absolute Gasteiger partial charge is 0.494 e. The number of carbonyl (C=O) groups excluding carboxylic acids is 2. The van der Waals surface area contributed by atoms with Crippen LogP contribution >= 0.6 is 0 Å². The highest BCUT2D eigenvalue weighted by atomic mass is 16.5. The first kappa shape index (κ1) is 12.4. The molecule has 96 valence electrons. The average Bonchev–Trinajstić information content (AvgIpc) is 2.70. The number of nitrogens with zero attached hydrogens (tertiary/aromatic N) is 1. The van der Waals surface area contributed by atoms with Gasteiger partial charge in [0.1, 0.15) is 5.75 Å². The Morgan fingerprint density at radius 3 is 2.78 bits per heavy atom. The molecule has 0 atom stereocenters. The maximum atomic E-state index is 11.5. The number of hydrogen-bond acceptors (Lipinski definition) is 4. The summed E-state index contributed by atoms with van der Waals surface area (Å²) < 4.78 is 5.34. The third-order valence-corrected chi connectivity index (χ3v) is 2.62. The summed E-state index contributed by atoms with van der Waals surface area (Å²) in [6.07, 6.45) is 0. The van der Waals surface area contributed by atoms with Crippen LogP contribution < -0.4 is 15.0 Å². The number of ether oxygens (including phenoxy) is 1. The van der Waals surface area contributed by atoms with Crippen molar-refractivity contribution < 1.29 is 19.4 Å². The number of amides is 3. The van der Waals surface area contributed by atoms with Gasteiger partial charge in [-0.3, -0.25) is 4.79 Å². The minimum atomic E-state index is -0.451. The van der Waals surface area contributed by atoms with Gasteiger partial charge in [0.05, 0.1) is 25.4 Å². The van der Waals surface area contributed by atoms with Gasteiger partial charge in [0.25, 0.3) is 5.91 Å². The van der Waals surface area contributed by atoms with Gasteiger partial charge in [-0.25, -0.2) is 9.69 Å². The van der Waals surface area contributed by atoms with Crippen molar-refractivity contribution in [3.8, 4) is 5.75 Å². The second-order valence-corrected chi connectivity index (χ2v) is 3.77. The summed E-state index contributed by atoms with van der Waals surface area (Å²) in [6.45, 7) is 2.11. The Morgan fingerprint density at radius 1 is 1.44 bits per heavy atom. The number of imide groups is 1. The topological polar surface area (TPSA) is 78.9 Å². The molecule has 0 bridgehead atoms. The molecule has 3 amide bonds. The van der Waals surface area contributed by atoms with Crippen LogP contribution in [-0.2, 0) is 11.4 Å². The van der Waals surface area contributed by atoms with E-state index >= 15 is 0 Å². The SMILES string of the molecule is CCOc1ccc(N2C(=O)CNC2=O)cc1CO. The van der Waals surface area contributed by atoms with Gasteiger partial charge in [0.2, 0.25) is 0 Å². The Balaban J connectivity index is 2.35. The van der Waals surface area contributed by atoms with E-state index in [1.54, 1.807) is 18.2 Å². The first-order valence-electron chi connectivity index (χ1n) is 5.64. The van der Waals surface area contributed by atoms with Crippen molar-refractivity contribution in [2.45, 2.75) is 13.5 Å². The predicted molar refractivity (Wildman–Crippen MR) is 64.4 cm³/mol. The van der Waals surface area contributed by atoms with Gasteiger partial charge in [-0.15, -0.1) is 0 Å². The van der Waals surface area contributed by atoms with E-state index in [1.165, 1.54) is 0 Å². The van der Waals surface area contributed by atoms with E-state index in [0.29, 0.717) is 23.6 Å². The monoisotopic (exact) mass is 250 g/mol. The Bertz CT molecular complexity index is 471. The number of aliphatic hydroxyl groups is 1. The molecule has 18 heavy (non-hydrogen) atoms. The van der Waals surface area contributed by atoms with E-state index < -0.39 is 6.03 Å². The van der Waals surface area contributed by atoms with Crippen LogP contribution in [0.25, 0.3) is 0 Å². The number of carbonyl (C=O) groups is 2. The van der Waals surface area contributed by atoms with E-state index in [4.69, 9.17) is 4.74 Å². The lowest BCUT2D eigenvalue weighted by Gasteiger charge is -2.15. The van der Waals surface area contributed by atoms with Crippen LogP contribution in [0.3, 0.4) is 0 Å². The van der Waals surface area contributed by atoms with Crippen LogP contribution in [0.2, 0.25) is 0 Å². The molecule has 0 aromatic heterocycles. The molecule has 0 aliphatic carbocycles. The number of rotatable bonds is 4. The molecule has 0 saturated carbocycles. The maximum absolute atomic E-state index is 11.5. The smallest absolute Gasteiger partial charge is 0.329 e. The minimum absolute atomic E-state index is 0.000499. The second kappa shape index (κ2) is 5.05. The molecule has 2 rings (SSSR count). The van der Waals surface area contributed by atoms with Crippen molar-refractivity contribution in [2.24, 2.45) is 0 Å². The van der Waals surface area contributed by atoms with Gasteiger partial charge in [-0.1, -0.05) is 0 Å². The number of hydrogen-bond donors (Lipinski definition) is 2. The van der Waals surface area contributed by atoms with Gasteiger partial charge in [0.15, 0.2) is 0 Å². The summed E-state index contributed by atoms with van der Waals surface area (Å²) in [6, 6.07) is 4.39. The highest BCUT2D eigenvalue weighted by Crippen LogP contribution is 2.26. The van der Waals surface area contributed by atoms with Crippen LogP contribution in [-0.4, -0.2) is 30.2 Å². The Hall–Kier alpha value is -2.08. The maximum Gasteiger partial charge on any atom is 0.329 e.